The molecule has 0 heterocycles. The second-order valence-electron chi connectivity index (χ2n) is 9.25. The number of ether oxygens (including phenoxy) is 2. The highest BCUT2D eigenvalue weighted by Gasteiger charge is 2.16. The van der Waals surface area contributed by atoms with Crippen LogP contribution < -0.4 is 11.1 Å². The number of esters is 1. The summed E-state index contributed by atoms with van der Waals surface area (Å²) in [5.41, 5.74) is 6.83. The second-order valence-corrected chi connectivity index (χ2v) is 9.25. The Bertz CT molecular complexity index is 693. The summed E-state index contributed by atoms with van der Waals surface area (Å²) in [6.45, 7) is 8.89. The predicted molar refractivity (Wildman–Crippen MR) is 139 cm³/mol. The number of carbonyl (C=O) groups is 2. The highest BCUT2D eigenvalue weighted by atomic mass is 16.6. The third-order valence-corrected chi connectivity index (χ3v) is 5.94. The van der Waals surface area contributed by atoms with Crippen LogP contribution in [-0.4, -0.2) is 37.9 Å². The van der Waals surface area contributed by atoms with Gasteiger partial charge in [-0.1, -0.05) is 95.2 Å². The van der Waals surface area contributed by atoms with Crippen LogP contribution in [0.4, 0.5) is 4.79 Å². The van der Waals surface area contributed by atoms with Crippen LogP contribution in [0.5, 0.6) is 0 Å². The van der Waals surface area contributed by atoms with E-state index in [2.05, 4.69) is 49.2 Å². The van der Waals surface area contributed by atoms with Gasteiger partial charge in [0.2, 0.25) is 0 Å². The fraction of sp³-hybridized carbons (Fsp3) is 0.643. The Morgan fingerprint density at radius 1 is 1.00 bits per heavy atom. The van der Waals surface area contributed by atoms with Gasteiger partial charge in [-0.2, -0.15) is 0 Å². The quantitative estimate of drug-likeness (QED) is 0.139. The lowest BCUT2D eigenvalue weighted by atomic mass is 9.93. The van der Waals surface area contributed by atoms with Crippen molar-refractivity contribution in [3.63, 3.8) is 0 Å². The fourth-order valence-electron chi connectivity index (χ4n) is 3.99. The summed E-state index contributed by atoms with van der Waals surface area (Å²) in [5, 5.41) is 3.50. The third kappa shape index (κ3) is 15.5. The van der Waals surface area contributed by atoms with E-state index in [1.807, 2.05) is 0 Å². The van der Waals surface area contributed by atoms with E-state index in [-0.39, 0.29) is 6.61 Å². The van der Waals surface area contributed by atoms with Gasteiger partial charge >= 0.3 is 12.1 Å². The zero-order valence-corrected chi connectivity index (χ0v) is 21.4. The molecule has 0 aliphatic heterocycles. The van der Waals surface area contributed by atoms with Crippen molar-refractivity contribution >= 4 is 12.1 Å². The van der Waals surface area contributed by atoms with Crippen LogP contribution in [0, 0.1) is 5.92 Å². The maximum Gasteiger partial charge on any atom is 0.404 e. The van der Waals surface area contributed by atoms with Gasteiger partial charge in [0, 0.05) is 12.0 Å². The summed E-state index contributed by atoms with van der Waals surface area (Å²) in [5.74, 6) is 0.0403. The van der Waals surface area contributed by atoms with E-state index in [0.717, 1.165) is 13.0 Å². The minimum atomic E-state index is -0.868. The van der Waals surface area contributed by atoms with Gasteiger partial charge < -0.3 is 20.5 Å². The summed E-state index contributed by atoms with van der Waals surface area (Å²) in [6, 6.07) is 10.6. The lowest BCUT2D eigenvalue weighted by Crippen LogP contribution is -2.33. The van der Waals surface area contributed by atoms with Crippen LogP contribution in [0.1, 0.15) is 83.6 Å². The van der Waals surface area contributed by atoms with Gasteiger partial charge in [0.25, 0.3) is 0 Å². The van der Waals surface area contributed by atoms with Gasteiger partial charge in [-0.15, -0.1) is 0 Å². The van der Waals surface area contributed by atoms with E-state index in [0.29, 0.717) is 24.5 Å². The van der Waals surface area contributed by atoms with Crippen molar-refractivity contribution < 1.29 is 19.1 Å². The third-order valence-electron chi connectivity index (χ3n) is 5.94. The zero-order chi connectivity index (χ0) is 25.0. The highest BCUT2D eigenvalue weighted by Crippen LogP contribution is 2.17. The average Bonchev–Trinajstić information content (AvgIpc) is 2.81. The largest absolute Gasteiger partial charge is 0.458 e. The number of amides is 1. The molecule has 1 rings (SSSR count). The lowest BCUT2D eigenvalue weighted by molar-refractivity contribution is -0.142. The Hall–Kier alpha value is -2.34. The molecule has 0 aliphatic carbocycles. The van der Waals surface area contributed by atoms with Crippen molar-refractivity contribution in [1.29, 1.82) is 0 Å². The Balaban J connectivity index is 2.43. The molecule has 0 aromatic heterocycles. The van der Waals surface area contributed by atoms with Gasteiger partial charge in [0.1, 0.15) is 12.7 Å². The van der Waals surface area contributed by atoms with Crippen molar-refractivity contribution in [3.8, 4) is 0 Å². The first kappa shape index (κ1) is 29.7. The van der Waals surface area contributed by atoms with Crippen LogP contribution >= 0.6 is 0 Å². The molecule has 2 atom stereocenters. The van der Waals surface area contributed by atoms with E-state index < -0.39 is 18.2 Å². The van der Waals surface area contributed by atoms with Crippen molar-refractivity contribution in [2.45, 2.75) is 90.6 Å². The smallest absolute Gasteiger partial charge is 0.404 e. The van der Waals surface area contributed by atoms with Crippen molar-refractivity contribution in [2.75, 3.05) is 19.7 Å². The molecule has 1 amide bonds. The molecule has 3 N–H and O–H groups in total. The van der Waals surface area contributed by atoms with Gasteiger partial charge in [0.15, 0.2) is 0 Å². The zero-order valence-electron chi connectivity index (χ0n) is 21.4. The minimum absolute atomic E-state index is 0.0258. The Kier molecular flexibility index (Phi) is 16.6. The van der Waals surface area contributed by atoms with E-state index >= 15 is 0 Å². The Labute approximate surface area is 206 Å². The van der Waals surface area contributed by atoms with Crippen LogP contribution in [0.25, 0.3) is 0 Å². The number of unbranched alkanes of at least 4 members (excludes halogenated alkanes) is 7. The van der Waals surface area contributed by atoms with Crippen molar-refractivity contribution in [3.05, 3.63) is 48.0 Å². The molecule has 2 unspecified atom stereocenters. The summed E-state index contributed by atoms with van der Waals surface area (Å²) in [6.07, 6.45) is 11.9. The molecule has 0 fully saturated rings. The first-order valence-corrected chi connectivity index (χ1v) is 13.0. The Morgan fingerprint density at radius 2 is 1.65 bits per heavy atom. The maximum absolute atomic E-state index is 11.6. The van der Waals surface area contributed by atoms with Gasteiger partial charge in [-0.25, -0.2) is 9.59 Å². The average molecular weight is 475 g/mol. The van der Waals surface area contributed by atoms with Crippen LogP contribution in [0.3, 0.4) is 0 Å². The molecule has 0 spiro atoms. The van der Waals surface area contributed by atoms with Crippen LogP contribution in [0.15, 0.2) is 42.5 Å². The molecular weight excluding hydrogens is 428 g/mol. The summed E-state index contributed by atoms with van der Waals surface area (Å²) < 4.78 is 10.2. The molecule has 1 aromatic rings. The second kappa shape index (κ2) is 19.0. The summed E-state index contributed by atoms with van der Waals surface area (Å²) >= 11 is 0. The van der Waals surface area contributed by atoms with Gasteiger partial charge in [-0.05, 0) is 44.3 Å². The fourth-order valence-corrected chi connectivity index (χ4v) is 3.99. The van der Waals surface area contributed by atoms with E-state index in [9.17, 15) is 9.59 Å². The van der Waals surface area contributed by atoms with Gasteiger partial charge in [0.05, 0.1) is 0 Å². The number of rotatable bonds is 20. The number of carbonyl (C=O) groups excluding carboxylic acids is 2. The molecular formula is C28H46N2O4. The number of benzene rings is 1. The molecule has 0 bridgehead atoms. The standard InChI is InChI=1S/C28H46N2O4/c1-4-5-6-7-8-9-10-12-17-25(20-24-15-13-11-14-16-24)21-30-19-18-26(34-28(29)32)22-33-27(31)23(2)3/h11,13-16,25-26,30H,2,4-10,12,17-22H2,1,3H3,(H2,29,32). The number of nitrogens with one attached hydrogen (secondary N) is 1. The molecule has 192 valence electrons. The van der Waals surface area contributed by atoms with Gasteiger partial charge in [-0.3, -0.25) is 0 Å². The SMILES string of the molecule is C=C(C)C(=O)OCC(CCNCC(CCCCCCCCCC)Cc1ccccc1)OC(N)=O. The van der Waals surface area contributed by atoms with Crippen molar-refractivity contribution in [1.82, 2.24) is 5.32 Å². The molecule has 0 saturated carbocycles. The summed E-state index contributed by atoms with van der Waals surface area (Å²) in [7, 11) is 0. The topological polar surface area (TPSA) is 90.7 Å². The first-order chi connectivity index (χ1) is 16.4. The van der Waals surface area contributed by atoms with Crippen molar-refractivity contribution in [2.24, 2.45) is 11.7 Å². The number of hydrogen-bond acceptors (Lipinski definition) is 5. The van der Waals surface area contributed by atoms with E-state index in [1.165, 1.54) is 63.4 Å². The monoisotopic (exact) mass is 474 g/mol. The molecule has 0 aliphatic rings. The molecule has 6 nitrogen and oxygen atoms in total. The molecule has 0 radical (unpaired) electrons. The molecule has 34 heavy (non-hydrogen) atoms. The van der Waals surface area contributed by atoms with E-state index in [1.54, 1.807) is 6.92 Å². The number of nitrogens with two attached hydrogens (primary N) is 1. The summed E-state index contributed by atoms with van der Waals surface area (Å²) in [4.78, 5) is 22.8. The normalized spacial score (nSPS) is 12.6. The highest BCUT2D eigenvalue weighted by molar-refractivity contribution is 5.86. The molecule has 1 aromatic carbocycles. The Morgan fingerprint density at radius 3 is 2.26 bits per heavy atom. The number of primary amides is 1. The molecule has 6 heteroatoms. The lowest BCUT2D eigenvalue weighted by Gasteiger charge is -2.20. The van der Waals surface area contributed by atoms with E-state index in [4.69, 9.17) is 15.2 Å². The maximum atomic E-state index is 11.6. The minimum Gasteiger partial charge on any atom is -0.458 e. The first-order valence-electron chi connectivity index (χ1n) is 13.0. The predicted octanol–water partition coefficient (Wildman–Crippen LogP) is 5.94. The van der Waals surface area contributed by atoms with Crippen LogP contribution in [0.2, 0.25) is 0 Å². The molecule has 0 saturated heterocycles. The van der Waals surface area contributed by atoms with Crippen LogP contribution in [-0.2, 0) is 20.7 Å². The number of hydrogen-bond donors (Lipinski definition) is 2.